The van der Waals surface area contributed by atoms with Crippen LogP contribution in [0.5, 0.6) is 0 Å². The van der Waals surface area contributed by atoms with Gasteiger partial charge in [0.1, 0.15) is 0 Å². The largest absolute Gasteiger partial charge is 0.352 e. The van der Waals surface area contributed by atoms with Gasteiger partial charge in [-0.1, -0.05) is 12.1 Å². The topological polar surface area (TPSA) is 113 Å². The van der Waals surface area contributed by atoms with Crippen LogP contribution in [0.1, 0.15) is 30.2 Å². The van der Waals surface area contributed by atoms with E-state index in [1.165, 1.54) is 11.3 Å². The van der Waals surface area contributed by atoms with Crippen molar-refractivity contribution in [1.29, 1.82) is 0 Å². The van der Waals surface area contributed by atoms with E-state index in [1.54, 1.807) is 24.3 Å². The van der Waals surface area contributed by atoms with Gasteiger partial charge in [0.2, 0.25) is 11.8 Å². The van der Waals surface area contributed by atoms with Crippen molar-refractivity contribution < 1.29 is 14.4 Å². The standard InChI is InChI=1S/C18H20N4O3S/c19-18(25)22-14(15-5-2-8-26-15)10-16(23)20-12-3-1-4-13(9-12)21-17(24)11-6-7-11/h1-5,8-9,11,14H,6-7,10H2,(H,20,23)(H,21,24)(H3,19,22,25)/t14-/m0/s1. The molecule has 26 heavy (non-hydrogen) atoms. The Bertz CT molecular complexity index is 803. The number of thiophene rings is 1. The third kappa shape index (κ3) is 5.06. The minimum absolute atomic E-state index is 0.0110. The zero-order valence-corrected chi connectivity index (χ0v) is 14.8. The van der Waals surface area contributed by atoms with Gasteiger partial charge in [-0.2, -0.15) is 0 Å². The minimum Gasteiger partial charge on any atom is -0.352 e. The Morgan fingerprint density at radius 2 is 1.85 bits per heavy atom. The molecule has 1 atom stereocenters. The summed E-state index contributed by atoms with van der Waals surface area (Å²) < 4.78 is 0. The first-order valence-corrected chi connectivity index (χ1v) is 9.19. The van der Waals surface area contributed by atoms with Crippen LogP contribution in [0.25, 0.3) is 0 Å². The summed E-state index contributed by atoms with van der Waals surface area (Å²) in [7, 11) is 0. The molecule has 3 rings (SSSR count). The molecule has 8 heteroatoms. The Morgan fingerprint density at radius 3 is 2.46 bits per heavy atom. The smallest absolute Gasteiger partial charge is 0.312 e. The van der Waals surface area contributed by atoms with Gasteiger partial charge in [-0.3, -0.25) is 9.59 Å². The molecular weight excluding hydrogens is 352 g/mol. The third-order valence-corrected chi connectivity index (χ3v) is 4.94. The molecule has 2 aromatic rings. The number of anilines is 2. The SMILES string of the molecule is NC(=O)N[C@@H](CC(=O)Nc1cccc(NC(=O)C2CC2)c1)c1cccs1. The molecule has 1 aliphatic carbocycles. The van der Waals surface area contributed by atoms with Crippen molar-refractivity contribution in [1.82, 2.24) is 5.32 Å². The summed E-state index contributed by atoms with van der Waals surface area (Å²) >= 11 is 1.44. The quantitative estimate of drug-likeness (QED) is 0.599. The first-order chi connectivity index (χ1) is 12.5. The molecule has 0 saturated heterocycles. The van der Waals surface area contributed by atoms with E-state index < -0.39 is 12.1 Å². The van der Waals surface area contributed by atoms with Crippen LogP contribution in [0, 0.1) is 5.92 Å². The van der Waals surface area contributed by atoms with Crippen LogP contribution >= 0.6 is 11.3 Å². The van der Waals surface area contributed by atoms with Crippen molar-refractivity contribution in [2.75, 3.05) is 10.6 Å². The van der Waals surface area contributed by atoms with Crippen molar-refractivity contribution in [2.24, 2.45) is 11.7 Å². The second-order valence-electron chi connectivity index (χ2n) is 6.17. The number of carbonyl (C=O) groups is 3. The highest BCUT2D eigenvalue weighted by molar-refractivity contribution is 7.10. The molecule has 7 nitrogen and oxygen atoms in total. The summed E-state index contributed by atoms with van der Waals surface area (Å²) in [5, 5.41) is 10.1. The number of benzene rings is 1. The molecule has 1 aromatic heterocycles. The second-order valence-corrected chi connectivity index (χ2v) is 7.15. The monoisotopic (exact) mass is 372 g/mol. The number of nitrogens with one attached hydrogen (secondary N) is 3. The normalized spacial score (nSPS) is 14.3. The first kappa shape index (κ1) is 17.9. The van der Waals surface area contributed by atoms with Gasteiger partial charge in [0.05, 0.1) is 12.5 Å². The summed E-state index contributed by atoms with van der Waals surface area (Å²) in [4.78, 5) is 36.3. The van der Waals surface area contributed by atoms with Crippen molar-refractivity contribution >= 4 is 40.6 Å². The first-order valence-electron chi connectivity index (χ1n) is 8.31. The molecule has 1 heterocycles. The molecular formula is C18H20N4O3S. The number of amides is 4. The predicted molar refractivity (Wildman–Crippen MR) is 101 cm³/mol. The van der Waals surface area contributed by atoms with Crippen molar-refractivity contribution in [2.45, 2.75) is 25.3 Å². The lowest BCUT2D eigenvalue weighted by Gasteiger charge is -2.16. The Balaban J connectivity index is 1.61. The molecule has 4 amide bonds. The molecule has 0 radical (unpaired) electrons. The van der Waals surface area contributed by atoms with Gasteiger partial charge in [-0.15, -0.1) is 11.3 Å². The van der Waals surface area contributed by atoms with E-state index in [9.17, 15) is 14.4 Å². The Labute approximate surface area is 155 Å². The number of urea groups is 1. The fraction of sp³-hybridized carbons (Fsp3) is 0.278. The van der Waals surface area contributed by atoms with Crippen molar-refractivity contribution in [3.63, 3.8) is 0 Å². The molecule has 5 N–H and O–H groups in total. The number of rotatable bonds is 7. The fourth-order valence-corrected chi connectivity index (χ4v) is 3.32. The number of carbonyl (C=O) groups excluding carboxylic acids is 3. The maximum absolute atomic E-state index is 12.4. The van der Waals surface area contributed by atoms with E-state index in [0.717, 1.165) is 17.7 Å². The van der Waals surface area contributed by atoms with Crippen LogP contribution in [0.3, 0.4) is 0 Å². The molecule has 0 unspecified atom stereocenters. The maximum Gasteiger partial charge on any atom is 0.312 e. The van der Waals surface area contributed by atoms with E-state index >= 15 is 0 Å². The highest BCUT2D eigenvalue weighted by atomic mass is 32.1. The Hall–Kier alpha value is -2.87. The van der Waals surface area contributed by atoms with Crippen LogP contribution in [-0.2, 0) is 9.59 Å². The number of nitrogens with two attached hydrogens (primary N) is 1. The lowest BCUT2D eigenvalue weighted by Crippen LogP contribution is -2.34. The van der Waals surface area contributed by atoms with Gasteiger partial charge in [-0.25, -0.2) is 4.79 Å². The number of primary amides is 1. The van der Waals surface area contributed by atoms with Gasteiger partial charge >= 0.3 is 6.03 Å². The maximum atomic E-state index is 12.4. The van der Waals surface area contributed by atoms with Crippen molar-refractivity contribution in [3.8, 4) is 0 Å². The molecule has 1 fully saturated rings. The third-order valence-electron chi connectivity index (χ3n) is 3.95. The zero-order chi connectivity index (χ0) is 18.5. The van der Waals surface area contributed by atoms with Crippen molar-refractivity contribution in [3.05, 3.63) is 46.7 Å². The second kappa shape index (κ2) is 8.01. The zero-order valence-electron chi connectivity index (χ0n) is 14.0. The van der Waals surface area contributed by atoms with Gasteiger partial charge in [-0.05, 0) is 42.5 Å². The average Bonchev–Trinajstić information content (AvgIpc) is 3.29. The molecule has 0 bridgehead atoms. The molecule has 136 valence electrons. The van der Waals surface area contributed by atoms with Crippen LogP contribution in [0.4, 0.5) is 16.2 Å². The van der Waals surface area contributed by atoms with Crippen LogP contribution < -0.4 is 21.7 Å². The van der Waals surface area contributed by atoms with E-state index in [4.69, 9.17) is 5.73 Å². The average molecular weight is 372 g/mol. The molecule has 0 aliphatic heterocycles. The van der Waals surface area contributed by atoms with Crippen LogP contribution in [0.2, 0.25) is 0 Å². The van der Waals surface area contributed by atoms with Gasteiger partial charge in [0, 0.05) is 22.2 Å². The van der Waals surface area contributed by atoms with Gasteiger partial charge in [0.15, 0.2) is 0 Å². The summed E-state index contributed by atoms with van der Waals surface area (Å²) in [5.74, 6) is -0.139. The minimum atomic E-state index is -0.680. The summed E-state index contributed by atoms with van der Waals surface area (Å²) in [6.07, 6.45) is 1.92. The fourth-order valence-electron chi connectivity index (χ4n) is 2.55. The van der Waals surface area contributed by atoms with Gasteiger partial charge in [0.25, 0.3) is 0 Å². The van der Waals surface area contributed by atoms with Gasteiger partial charge < -0.3 is 21.7 Å². The number of hydrogen-bond donors (Lipinski definition) is 4. The summed E-state index contributed by atoms with van der Waals surface area (Å²) in [6, 6.07) is 9.51. The highest BCUT2D eigenvalue weighted by Gasteiger charge is 2.29. The molecule has 1 aliphatic rings. The Kier molecular flexibility index (Phi) is 5.52. The van der Waals surface area contributed by atoms with Crippen LogP contribution in [-0.4, -0.2) is 17.8 Å². The lowest BCUT2D eigenvalue weighted by molar-refractivity contribution is -0.117. The van der Waals surface area contributed by atoms with E-state index in [-0.39, 0.29) is 24.2 Å². The predicted octanol–water partition coefficient (Wildman–Crippen LogP) is 2.83. The summed E-state index contributed by atoms with van der Waals surface area (Å²) in [6.45, 7) is 0. The summed E-state index contributed by atoms with van der Waals surface area (Å²) in [5.41, 5.74) is 6.43. The molecule has 1 aromatic carbocycles. The van der Waals surface area contributed by atoms with Crippen LogP contribution in [0.15, 0.2) is 41.8 Å². The van der Waals surface area contributed by atoms with E-state index in [0.29, 0.717) is 11.4 Å². The Morgan fingerprint density at radius 1 is 1.12 bits per heavy atom. The van der Waals surface area contributed by atoms with E-state index in [2.05, 4.69) is 16.0 Å². The molecule has 0 spiro atoms. The number of hydrogen-bond acceptors (Lipinski definition) is 4. The molecule has 1 saturated carbocycles. The highest BCUT2D eigenvalue weighted by Crippen LogP contribution is 2.30. The lowest BCUT2D eigenvalue weighted by atomic mass is 10.1. The van der Waals surface area contributed by atoms with E-state index in [1.807, 2.05) is 17.5 Å².